The fourth-order valence-corrected chi connectivity index (χ4v) is 1.46. The van der Waals surface area contributed by atoms with Crippen LogP contribution in [0.3, 0.4) is 0 Å². The fraction of sp³-hybridized carbons (Fsp3) is 0.364. The molecular weight excluding hydrogens is 180 g/mol. The maximum Gasteiger partial charge on any atom is 0.159 e. The average Bonchev–Trinajstić information content (AvgIpc) is 2.71. The molecule has 1 aromatic rings. The van der Waals surface area contributed by atoms with Crippen molar-refractivity contribution in [2.45, 2.75) is 13.0 Å². The summed E-state index contributed by atoms with van der Waals surface area (Å²) in [5, 5.41) is 0. The minimum Gasteiger partial charge on any atom is -0.352 e. The third kappa shape index (κ3) is 1.84. The number of hydrogen-bond acceptors (Lipinski definition) is 3. The molecule has 3 nitrogen and oxygen atoms in total. The Balaban J connectivity index is 2.16. The minimum atomic E-state index is 0.0241. The van der Waals surface area contributed by atoms with E-state index in [9.17, 15) is 4.79 Å². The molecule has 2 rings (SSSR count). The standard InChI is InChI=1S/C11H12O3/c1-8(12)9-2-4-10(5-3-9)11-6-13-7-14-11/h2-5,11H,6-7H2,1H3. The van der Waals surface area contributed by atoms with Crippen LogP contribution in [0.15, 0.2) is 24.3 Å². The molecule has 0 aromatic heterocycles. The molecule has 0 N–H and O–H groups in total. The average molecular weight is 192 g/mol. The number of hydrogen-bond donors (Lipinski definition) is 0. The van der Waals surface area contributed by atoms with Crippen molar-refractivity contribution in [1.82, 2.24) is 0 Å². The van der Waals surface area contributed by atoms with Gasteiger partial charge in [-0.3, -0.25) is 4.79 Å². The van der Waals surface area contributed by atoms with Crippen molar-refractivity contribution in [3.63, 3.8) is 0 Å². The Morgan fingerprint density at radius 1 is 1.36 bits per heavy atom. The highest BCUT2D eigenvalue weighted by molar-refractivity contribution is 5.94. The van der Waals surface area contributed by atoms with Crippen molar-refractivity contribution in [1.29, 1.82) is 0 Å². The molecule has 1 unspecified atom stereocenters. The fourth-order valence-electron chi connectivity index (χ4n) is 1.46. The lowest BCUT2D eigenvalue weighted by atomic mass is 10.1. The first kappa shape index (κ1) is 9.37. The van der Waals surface area contributed by atoms with Crippen molar-refractivity contribution in [2.75, 3.05) is 13.4 Å². The van der Waals surface area contributed by atoms with E-state index in [1.54, 1.807) is 6.92 Å². The van der Waals surface area contributed by atoms with Gasteiger partial charge in [-0.1, -0.05) is 24.3 Å². The molecule has 74 valence electrons. The van der Waals surface area contributed by atoms with Crippen LogP contribution in [0.25, 0.3) is 0 Å². The predicted octanol–water partition coefficient (Wildman–Crippen LogP) is 1.93. The van der Waals surface area contributed by atoms with E-state index in [-0.39, 0.29) is 11.9 Å². The Bertz CT molecular complexity index is 323. The van der Waals surface area contributed by atoms with E-state index < -0.39 is 0 Å². The van der Waals surface area contributed by atoms with Gasteiger partial charge in [-0.15, -0.1) is 0 Å². The topological polar surface area (TPSA) is 35.5 Å². The van der Waals surface area contributed by atoms with Gasteiger partial charge in [0.25, 0.3) is 0 Å². The molecule has 1 aromatic carbocycles. The van der Waals surface area contributed by atoms with Crippen LogP contribution in [0.1, 0.15) is 28.9 Å². The number of benzene rings is 1. The van der Waals surface area contributed by atoms with Crippen molar-refractivity contribution >= 4 is 5.78 Å². The molecule has 3 heteroatoms. The summed E-state index contributed by atoms with van der Waals surface area (Å²) >= 11 is 0. The predicted molar refractivity (Wildman–Crippen MR) is 51.1 cm³/mol. The van der Waals surface area contributed by atoms with E-state index in [0.29, 0.717) is 13.4 Å². The van der Waals surface area contributed by atoms with E-state index in [4.69, 9.17) is 9.47 Å². The van der Waals surface area contributed by atoms with Gasteiger partial charge in [-0.25, -0.2) is 0 Å². The molecule has 1 fully saturated rings. The first-order valence-electron chi connectivity index (χ1n) is 4.57. The highest BCUT2D eigenvalue weighted by atomic mass is 16.7. The zero-order valence-corrected chi connectivity index (χ0v) is 8.03. The zero-order valence-electron chi connectivity index (χ0n) is 8.03. The quantitative estimate of drug-likeness (QED) is 0.672. The Morgan fingerprint density at radius 3 is 2.57 bits per heavy atom. The summed E-state index contributed by atoms with van der Waals surface area (Å²) < 4.78 is 10.4. The summed E-state index contributed by atoms with van der Waals surface area (Å²) in [6.45, 7) is 2.52. The molecule has 1 aliphatic heterocycles. The monoisotopic (exact) mass is 192 g/mol. The first-order chi connectivity index (χ1) is 6.77. The summed E-state index contributed by atoms with van der Waals surface area (Å²) in [6.07, 6.45) is 0.0241. The van der Waals surface area contributed by atoms with Crippen LogP contribution < -0.4 is 0 Å². The Morgan fingerprint density at radius 2 is 2.07 bits per heavy atom. The van der Waals surface area contributed by atoms with E-state index in [1.165, 1.54) is 0 Å². The van der Waals surface area contributed by atoms with Gasteiger partial charge in [0.1, 0.15) is 12.9 Å². The van der Waals surface area contributed by atoms with Gasteiger partial charge in [0.15, 0.2) is 5.78 Å². The summed E-state index contributed by atoms with van der Waals surface area (Å²) in [7, 11) is 0. The molecule has 0 bridgehead atoms. The molecule has 1 atom stereocenters. The van der Waals surface area contributed by atoms with Gasteiger partial charge in [0, 0.05) is 5.56 Å². The van der Waals surface area contributed by atoms with Crippen molar-refractivity contribution in [3.8, 4) is 0 Å². The van der Waals surface area contributed by atoms with Gasteiger partial charge >= 0.3 is 0 Å². The lowest BCUT2D eigenvalue weighted by Crippen LogP contribution is -2.00. The number of ether oxygens (including phenoxy) is 2. The van der Waals surface area contributed by atoms with Crippen molar-refractivity contribution in [2.24, 2.45) is 0 Å². The number of carbonyl (C=O) groups is 1. The van der Waals surface area contributed by atoms with Crippen molar-refractivity contribution < 1.29 is 14.3 Å². The zero-order chi connectivity index (χ0) is 9.97. The molecule has 0 aliphatic carbocycles. The van der Waals surface area contributed by atoms with E-state index in [0.717, 1.165) is 11.1 Å². The van der Waals surface area contributed by atoms with Gasteiger partial charge < -0.3 is 9.47 Å². The van der Waals surface area contributed by atoms with Crippen LogP contribution >= 0.6 is 0 Å². The van der Waals surface area contributed by atoms with Crippen LogP contribution in [0.2, 0.25) is 0 Å². The second-order valence-electron chi connectivity index (χ2n) is 3.32. The molecule has 0 radical (unpaired) electrons. The smallest absolute Gasteiger partial charge is 0.159 e. The highest BCUT2D eigenvalue weighted by Crippen LogP contribution is 2.22. The van der Waals surface area contributed by atoms with Gasteiger partial charge in [0.2, 0.25) is 0 Å². The Hall–Kier alpha value is -1.19. The largest absolute Gasteiger partial charge is 0.352 e. The van der Waals surface area contributed by atoms with Gasteiger partial charge in [0.05, 0.1) is 6.61 Å². The third-order valence-corrected chi connectivity index (χ3v) is 2.31. The molecule has 1 saturated heterocycles. The highest BCUT2D eigenvalue weighted by Gasteiger charge is 2.17. The van der Waals surface area contributed by atoms with Crippen LogP contribution in [0.5, 0.6) is 0 Å². The Kier molecular flexibility index (Phi) is 2.61. The second-order valence-corrected chi connectivity index (χ2v) is 3.32. The number of rotatable bonds is 2. The maximum atomic E-state index is 11.0. The lowest BCUT2D eigenvalue weighted by molar-refractivity contribution is 0.0466. The first-order valence-corrected chi connectivity index (χ1v) is 4.57. The van der Waals surface area contributed by atoms with E-state index in [2.05, 4.69) is 0 Å². The van der Waals surface area contributed by atoms with Crippen LogP contribution in [0, 0.1) is 0 Å². The molecule has 1 aliphatic rings. The summed E-state index contributed by atoms with van der Waals surface area (Å²) in [5.74, 6) is 0.0835. The van der Waals surface area contributed by atoms with Gasteiger partial charge in [-0.05, 0) is 12.5 Å². The van der Waals surface area contributed by atoms with Gasteiger partial charge in [-0.2, -0.15) is 0 Å². The maximum absolute atomic E-state index is 11.0. The van der Waals surface area contributed by atoms with E-state index >= 15 is 0 Å². The molecule has 0 amide bonds. The SMILES string of the molecule is CC(=O)c1ccc(C2COCO2)cc1. The van der Waals surface area contributed by atoms with Crippen molar-refractivity contribution in [3.05, 3.63) is 35.4 Å². The Labute approximate surface area is 82.6 Å². The van der Waals surface area contributed by atoms with Crippen LogP contribution in [-0.2, 0) is 9.47 Å². The number of ketones is 1. The summed E-state index contributed by atoms with van der Waals surface area (Å²) in [6, 6.07) is 7.46. The normalized spacial score (nSPS) is 21.1. The molecule has 14 heavy (non-hydrogen) atoms. The molecule has 0 spiro atoms. The number of carbonyl (C=O) groups excluding carboxylic acids is 1. The minimum absolute atomic E-state index is 0.0241. The lowest BCUT2D eigenvalue weighted by Gasteiger charge is -2.07. The van der Waals surface area contributed by atoms with Crippen LogP contribution in [-0.4, -0.2) is 19.2 Å². The molecule has 1 heterocycles. The number of Topliss-reactive ketones (excluding diaryl/α,β-unsaturated/α-hetero) is 1. The van der Waals surface area contributed by atoms with E-state index in [1.807, 2.05) is 24.3 Å². The molecular formula is C11H12O3. The molecule has 0 saturated carbocycles. The third-order valence-electron chi connectivity index (χ3n) is 2.31. The summed E-state index contributed by atoms with van der Waals surface area (Å²) in [4.78, 5) is 11.0. The summed E-state index contributed by atoms with van der Waals surface area (Å²) in [5.41, 5.74) is 1.79. The van der Waals surface area contributed by atoms with Crippen LogP contribution in [0.4, 0.5) is 0 Å². The second kappa shape index (κ2) is 3.90.